The van der Waals surface area contributed by atoms with Crippen LogP contribution < -0.4 is 4.90 Å². The monoisotopic (exact) mass is 375 g/mol. The van der Waals surface area contributed by atoms with E-state index < -0.39 is 0 Å². The van der Waals surface area contributed by atoms with Crippen molar-refractivity contribution >= 4 is 5.91 Å². The van der Waals surface area contributed by atoms with Crippen molar-refractivity contribution in [1.82, 2.24) is 4.90 Å². The van der Waals surface area contributed by atoms with Crippen molar-refractivity contribution in [1.29, 1.82) is 0 Å². The van der Waals surface area contributed by atoms with Gasteiger partial charge < -0.3 is 9.80 Å². The number of fused-ring (bicyclic) bond motifs is 2. The quantitative estimate of drug-likeness (QED) is 0.873. The highest BCUT2D eigenvalue weighted by molar-refractivity contribution is 5.87. The summed E-state index contributed by atoms with van der Waals surface area (Å²) >= 11 is 0. The molecule has 2 bridgehead atoms. The van der Waals surface area contributed by atoms with Gasteiger partial charge in [0.05, 0.1) is 38.1 Å². The Balaban J connectivity index is 1.30. The van der Waals surface area contributed by atoms with Gasteiger partial charge in [-0.2, -0.15) is 0 Å². The second-order valence-corrected chi connectivity index (χ2v) is 9.02. The minimum absolute atomic E-state index is 0.188. The van der Waals surface area contributed by atoms with Crippen molar-refractivity contribution < 1.29 is 9.69 Å². The molecule has 3 nitrogen and oxygen atoms in total. The SMILES string of the molecule is O=C(C(c1ccccc1)c1ccccc1)N1CC[NH+]([C@H]2C[C@H]3CC[C@@H]2C3)CC1. The van der Waals surface area contributed by atoms with Crippen molar-refractivity contribution in [2.24, 2.45) is 11.8 Å². The van der Waals surface area contributed by atoms with Crippen LogP contribution in [-0.4, -0.2) is 43.0 Å². The fourth-order valence-corrected chi connectivity index (χ4v) is 6.08. The Morgan fingerprint density at radius 3 is 1.96 bits per heavy atom. The zero-order chi connectivity index (χ0) is 18.9. The van der Waals surface area contributed by atoms with Crippen LogP contribution in [0.5, 0.6) is 0 Å². The molecule has 28 heavy (non-hydrogen) atoms. The normalized spacial score (nSPS) is 27.5. The molecule has 5 rings (SSSR count). The van der Waals surface area contributed by atoms with E-state index >= 15 is 0 Å². The number of nitrogens with zero attached hydrogens (tertiary/aromatic N) is 1. The molecule has 3 fully saturated rings. The number of carbonyl (C=O) groups is 1. The van der Waals surface area contributed by atoms with Gasteiger partial charge in [0, 0.05) is 12.3 Å². The molecule has 3 atom stereocenters. The predicted octanol–water partition coefficient (Wildman–Crippen LogP) is 2.73. The van der Waals surface area contributed by atoms with Crippen LogP contribution >= 0.6 is 0 Å². The summed E-state index contributed by atoms with van der Waals surface area (Å²) in [7, 11) is 0. The van der Waals surface area contributed by atoms with E-state index in [-0.39, 0.29) is 11.8 Å². The van der Waals surface area contributed by atoms with E-state index in [1.165, 1.54) is 25.7 Å². The summed E-state index contributed by atoms with van der Waals surface area (Å²) in [6.07, 6.45) is 5.83. The van der Waals surface area contributed by atoms with Crippen LogP contribution in [0.15, 0.2) is 60.7 Å². The van der Waals surface area contributed by atoms with E-state index in [1.54, 1.807) is 4.90 Å². The Morgan fingerprint density at radius 1 is 0.857 bits per heavy atom. The average Bonchev–Trinajstić information content (AvgIpc) is 3.39. The first kappa shape index (κ1) is 17.9. The number of amides is 1. The van der Waals surface area contributed by atoms with Gasteiger partial charge in [0.1, 0.15) is 0 Å². The third kappa shape index (κ3) is 3.37. The van der Waals surface area contributed by atoms with Gasteiger partial charge in [0.15, 0.2) is 0 Å². The minimum atomic E-state index is -0.188. The summed E-state index contributed by atoms with van der Waals surface area (Å²) in [5.74, 6) is 2.04. The molecule has 1 N–H and O–H groups in total. The van der Waals surface area contributed by atoms with Crippen LogP contribution in [0.2, 0.25) is 0 Å². The standard InChI is InChI=1S/C25H30N2O/c28-25(24(20-7-3-1-4-8-20)21-9-5-2-6-10-21)27-15-13-26(14-16-27)23-18-19-11-12-22(23)17-19/h1-10,19,22-24H,11-18H2/p+1/t19-,22+,23-/m0/s1. The molecule has 2 saturated carbocycles. The molecule has 2 aromatic rings. The first-order valence-corrected chi connectivity index (χ1v) is 11.0. The molecule has 0 aromatic heterocycles. The predicted molar refractivity (Wildman–Crippen MR) is 111 cm³/mol. The maximum Gasteiger partial charge on any atom is 0.234 e. The van der Waals surface area contributed by atoms with Crippen LogP contribution in [0.3, 0.4) is 0 Å². The number of quaternary nitrogens is 1. The molecule has 0 unspecified atom stereocenters. The summed E-state index contributed by atoms with van der Waals surface area (Å²) in [6.45, 7) is 4.04. The zero-order valence-corrected chi connectivity index (χ0v) is 16.6. The lowest BCUT2D eigenvalue weighted by Crippen LogP contribution is -3.18. The second-order valence-electron chi connectivity index (χ2n) is 9.02. The van der Waals surface area contributed by atoms with E-state index in [0.29, 0.717) is 0 Å². The Kier molecular flexibility index (Phi) is 4.94. The van der Waals surface area contributed by atoms with Crippen LogP contribution in [0.25, 0.3) is 0 Å². The Hall–Kier alpha value is -2.13. The number of nitrogens with one attached hydrogen (secondary N) is 1. The van der Waals surface area contributed by atoms with E-state index in [1.807, 2.05) is 36.4 Å². The molecular formula is C25H31N2O+. The largest absolute Gasteiger partial charge is 0.331 e. The number of hydrogen-bond donors (Lipinski definition) is 1. The molecule has 146 valence electrons. The molecule has 3 heteroatoms. The van der Waals surface area contributed by atoms with Gasteiger partial charge >= 0.3 is 0 Å². The first-order chi connectivity index (χ1) is 13.8. The summed E-state index contributed by atoms with van der Waals surface area (Å²) in [6, 6.07) is 21.4. The van der Waals surface area contributed by atoms with Gasteiger partial charge in [-0.3, -0.25) is 4.79 Å². The maximum absolute atomic E-state index is 13.6. The molecule has 1 saturated heterocycles. The highest BCUT2D eigenvalue weighted by Crippen LogP contribution is 2.43. The van der Waals surface area contributed by atoms with Gasteiger partial charge in [-0.1, -0.05) is 60.7 Å². The van der Waals surface area contributed by atoms with Gasteiger partial charge in [0.25, 0.3) is 0 Å². The Labute approximate surface area is 168 Å². The van der Waals surface area contributed by atoms with E-state index in [2.05, 4.69) is 29.2 Å². The molecule has 1 aliphatic heterocycles. The first-order valence-electron chi connectivity index (χ1n) is 11.0. The van der Waals surface area contributed by atoms with E-state index in [4.69, 9.17) is 0 Å². The number of carbonyl (C=O) groups excluding carboxylic acids is 1. The number of piperazine rings is 1. The van der Waals surface area contributed by atoms with E-state index in [0.717, 1.165) is 55.2 Å². The van der Waals surface area contributed by atoms with Crippen molar-refractivity contribution in [2.45, 2.75) is 37.6 Å². The molecule has 1 amide bonds. The van der Waals surface area contributed by atoms with Gasteiger partial charge in [0.2, 0.25) is 5.91 Å². The fourth-order valence-electron chi connectivity index (χ4n) is 6.08. The average molecular weight is 376 g/mol. The van der Waals surface area contributed by atoms with Crippen LogP contribution in [0.1, 0.15) is 42.7 Å². The third-order valence-corrected chi connectivity index (χ3v) is 7.49. The lowest BCUT2D eigenvalue weighted by atomic mass is 9.89. The van der Waals surface area contributed by atoms with Gasteiger partial charge in [-0.05, 0) is 36.3 Å². The molecule has 2 aromatic carbocycles. The van der Waals surface area contributed by atoms with Gasteiger partial charge in [-0.25, -0.2) is 0 Å². The number of benzene rings is 2. The summed E-state index contributed by atoms with van der Waals surface area (Å²) in [5.41, 5.74) is 2.20. The smallest absolute Gasteiger partial charge is 0.234 e. The summed E-state index contributed by atoms with van der Waals surface area (Å²) in [5, 5.41) is 0. The second kappa shape index (κ2) is 7.71. The zero-order valence-electron chi connectivity index (χ0n) is 16.6. The van der Waals surface area contributed by atoms with Crippen LogP contribution in [0, 0.1) is 11.8 Å². The third-order valence-electron chi connectivity index (χ3n) is 7.49. The molecule has 3 aliphatic rings. The molecule has 1 heterocycles. The number of rotatable bonds is 4. The minimum Gasteiger partial charge on any atom is -0.331 e. The van der Waals surface area contributed by atoms with Crippen molar-refractivity contribution in [3.63, 3.8) is 0 Å². The maximum atomic E-state index is 13.6. The highest BCUT2D eigenvalue weighted by atomic mass is 16.2. The van der Waals surface area contributed by atoms with Crippen LogP contribution in [0.4, 0.5) is 0 Å². The topological polar surface area (TPSA) is 24.8 Å². The molecule has 0 spiro atoms. The van der Waals surface area contributed by atoms with Crippen molar-refractivity contribution in [2.75, 3.05) is 26.2 Å². The van der Waals surface area contributed by atoms with Crippen molar-refractivity contribution in [3.05, 3.63) is 71.8 Å². The molecule has 2 aliphatic carbocycles. The highest BCUT2D eigenvalue weighted by Gasteiger charge is 2.46. The van der Waals surface area contributed by atoms with Crippen LogP contribution in [-0.2, 0) is 4.79 Å². The van der Waals surface area contributed by atoms with Gasteiger partial charge in [-0.15, -0.1) is 0 Å². The Bertz CT molecular complexity index is 758. The van der Waals surface area contributed by atoms with E-state index in [9.17, 15) is 4.79 Å². The fraction of sp³-hybridized carbons (Fsp3) is 0.480. The summed E-state index contributed by atoms with van der Waals surface area (Å²) in [4.78, 5) is 17.5. The van der Waals surface area contributed by atoms with Crippen molar-refractivity contribution in [3.8, 4) is 0 Å². The molecular weight excluding hydrogens is 344 g/mol. The Morgan fingerprint density at radius 2 is 1.46 bits per heavy atom. The molecule has 0 radical (unpaired) electrons. The lowest BCUT2D eigenvalue weighted by molar-refractivity contribution is -0.932. The number of hydrogen-bond acceptors (Lipinski definition) is 1. The summed E-state index contributed by atoms with van der Waals surface area (Å²) < 4.78 is 0. The lowest BCUT2D eigenvalue weighted by Gasteiger charge is -2.39.